The fraction of sp³-hybridized carbons (Fsp3) is 0.188. The van der Waals surface area contributed by atoms with E-state index in [1.165, 1.54) is 11.1 Å². The molecule has 0 saturated carbocycles. The van der Waals surface area contributed by atoms with Crippen molar-refractivity contribution in [3.63, 3.8) is 0 Å². The van der Waals surface area contributed by atoms with E-state index in [4.69, 9.17) is 23.4 Å². The monoisotopic (exact) mass is 660 g/mol. The summed E-state index contributed by atoms with van der Waals surface area (Å²) in [5.41, 5.74) is 26.2. The van der Waals surface area contributed by atoms with Gasteiger partial charge in [-0.1, -0.05) is 94.3 Å². The Labute approximate surface area is 280 Å². The van der Waals surface area contributed by atoms with Gasteiger partial charge in [0.1, 0.15) is 0 Å². The van der Waals surface area contributed by atoms with Gasteiger partial charge in [0.2, 0.25) is 0 Å². The van der Waals surface area contributed by atoms with Crippen LogP contribution >= 0.6 is 24.8 Å². The zero-order valence-corrected chi connectivity index (χ0v) is 27.2. The van der Waals surface area contributed by atoms with Gasteiger partial charge in [0.05, 0.1) is 31.1 Å². The average Bonchev–Trinajstić information content (AvgIpc) is 3.75. The fourth-order valence-electron chi connectivity index (χ4n) is 3.89. The van der Waals surface area contributed by atoms with E-state index in [0.29, 0.717) is 37.8 Å². The largest absolute Gasteiger partial charge is 0.369 e. The molecule has 0 aliphatic rings. The van der Waals surface area contributed by atoms with Gasteiger partial charge < -0.3 is 21.4 Å². The predicted molar refractivity (Wildman–Crippen MR) is 190 cm³/mol. The maximum absolute atomic E-state index is 8.11. The molecule has 14 heteroatoms. The van der Waals surface area contributed by atoms with Crippen molar-refractivity contribution in [1.29, 1.82) is 0 Å². The van der Waals surface area contributed by atoms with E-state index in [1.54, 1.807) is 12.4 Å². The van der Waals surface area contributed by atoms with E-state index in [9.17, 15) is 0 Å². The number of nitrogens with zero attached hydrogens (tertiary/aromatic N) is 8. The lowest BCUT2D eigenvalue weighted by Crippen LogP contribution is -1.99. The smallest absolute Gasteiger partial charge is 0.197 e. The lowest BCUT2D eigenvalue weighted by Gasteiger charge is -2.01. The van der Waals surface area contributed by atoms with Gasteiger partial charge in [-0.25, -0.2) is 14.6 Å². The van der Waals surface area contributed by atoms with Crippen molar-refractivity contribution < 1.29 is 0 Å². The Morgan fingerprint density at radius 1 is 0.913 bits per heavy atom. The Bertz CT molecular complexity index is 1730. The second kappa shape index (κ2) is 21.3. The summed E-state index contributed by atoms with van der Waals surface area (Å²) < 4.78 is 1.84. The normalized spacial score (nSPS) is 10.4. The lowest BCUT2D eigenvalue weighted by atomic mass is 10.1. The number of rotatable bonds is 9. The third kappa shape index (κ3) is 14.8. The Balaban J connectivity index is 0.000000377. The molecule has 0 fully saturated rings. The number of benzene rings is 2. The fourth-order valence-corrected chi connectivity index (χ4v) is 3.89. The van der Waals surface area contributed by atoms with E-state index in [0.717, 1.165) is 28.2 Å². The summed E-state index contributed by atoms with van der Waals surface area (Å²) in [7, 11) is 0. The first kappa shape index (κ1) is 38.6. The highest BCUT2D eigenvalue weighted by atomic mass is 35.5. The SMILES string of the molecule is C#CCc1cnc(N)[nH]1.C/C(=C\c1ccccc1)CN=[N+]=[N-].C/C(=C\c1ccccc1)Cn1cc(Cc2cnc(N)[nH]2)nn1.Cl.Cl. The van der Waals surface area contributed by atoms with Crippen LogP contribution in [0.3, 0.4) is 0 Å². The zero-order valence-electron chi connectivity index (χ0n) is 25.6. The number of halogens is 2. The van der Waals surface area contributed by atoms with Crippen LogP contribution in [0.4, 0.5) is 11.9 Å². The molecule has 6 N–H and O–H groups in total. The second-order valence-corrected chi connectivity index (χ2v) is 9.74. The number of allylic oxidation sites excluding steroid dienone is 1. The summed E-state index contributed by atoms with van der Waals surface area (Å²) in [4.78, 5) is 16.2. The molecule has 3 aromatic heterocycles. The van der Waals surface area contributed by atoms with Crippen LogP contribution in [-0.2, 0) is 19.4 Å². The minimum Gasteiger partial charge on any atom is -0.369 e. The molecule has 0 amide bonds. The third-order valence-corrected chi connectivity index (χ3v) is 5.77. The number of imidazole rings is 2. The summed E-state index contributed by atoms with van der Waals surface area (Å²) in [5.74, 6) is 3.31. The summed E-state index contributed by atoms with van der Waals surface area (Å²) in [6.45, 7) is 5.18. The predicted octanol–water partition coefficient (Wildman–Crippen LogP) is 6.69. The van der Waals surface area contributed by atoms with Crippen LogP contribution in [0, 0.1) is 12.3 Å². The number of H-pyrrole nitrogens is 2. The standard InChI is InChI=1S/C16H18N6.C10H11N3.C6H7N3.2ClH/c1-12(7-13-5-3-2-4-6-13)10-22-11-15(20-21-22)8-14-9-18-16(17)19-14;1-9(8-12-13-11)7-10-5-3-2-4-6-10;1-2-3-5-4-8-6(7)9-5;;/h2-7,9,11H,8,10H2,1H3,(H3,17,18,19);2-7H,8H2,1H3;1,4H,3H2,(H3,7,8,9);2*1H/b12-7+;9-7+;;;. The first-order valence-corrected chi connectivity index (χ1v) is 13.7. The maximum Gasteiger partial charge on any atom is 0.197 e. The highest BCUT2D eigenvalue weighted by Crippen LogP contribution is 2.10. The number of terminal acetylenes is 1. The van der Waals surface area contributed by atoms with Gasteiger partial charge in [-0.2, -0.15) is 0 Å². The molecule has 3 heterocycles. The van der Waals surface area contributed by atoms with Crippen molar-refractivity contribution in [2.24, 2.45) is 5.11 Å². The number of aromatic amines is 2. The van der Waals surface area contributed by atoms with Gasteiger partial charge in [0.25, 0.3) is 0 Å². The summed E-state index contributed by atoms with van der Waals surface area (Å²) in [6.07, 6.45) is 15.7. The van der Waals surface area contributed by atoms with Crippen molar-refractivity contribution >= 4 is 48.9 Å². The molecule has 0 spiro atoms. The van der Waals surface area contributed by atoms with E-state index in [2.05, 4.69) is 71.3 Å². The first-order chi connectivity index (χ1) is 21.3. The molecule has 5 aromatic rings. The minimum absolute atomic E-state index is 0. The Hall–Kier alpha value is -5.47. The molecule has 0 radical (unpaired) electrons. The van der Waals surface area contributed by atoms with Crippen molar-refractivity contribution in [2.75, 3.05) is 18.0 Å². The second-order valence-electron chi connectivity index (χ2n) is 9.74. The highest BCUT2D eigenvalue weighted by Gasteiger charge is 2.05. The summed E-state index contributed by atoms with van der Waals surface area (Å²) >= 11 is 0. The number of nitrogens with two attached hydrogens (primary N) is 2. The quantitative estimate of drug-likeness (QED) is 0.0589. The summed E-state index contributed by atoms with van der Waals surface area (Å²) in [6, 6.07) is 20.2. The molecule has 240 valence electrons. The average molecular weight is 662 g/mol. The van der Waals surface area contributed by atoms with Crippen LogP contribution < -0.4 is 11.5 Å². The van der Waals surface area contributed by atoms with Crippen molar-refractivity contribution in [1.82, 2.24) is 34.9 Å². The van der Waals surface area contributed by atoms with E-state index >= 15 is 0 Å². The van der Waals surface area contributed by atoms with Gasteiger partial charge in [-0.3, -0.25) is 0 Å². The Kier molecular flexibility index (Phi) is 17.8. The Morgan fingerprint density at radius 3 is 1.96 bits per heavy atom. The number of nitrogens with one attached hydrogen (secondary N) is 2. The molecule has 0 aliphatic carbocycles. The number of hydrogen-bond donors (Lipinski definition) is 4. The third-order valence-electron chi connectivity index (χ3n) is 5.77. The molecular weight excluding hydrogens is 623 g/mol. The van der Waals surface area contributed by atoms with E-state index in [-0.39, 0.29) is 24.8 Å². The van der Waals surface area contributed by atoms with Crippen LogP contribution in [0.5, 0.6) is 0 Å². The van der Waals surface area contributed by atoms with Crippen molar-refractivity contribution in [2.45, 2.75) is 33.2 Å². The topological polar surface area (TPSA) is 189 Å². The molecule has 0 unspecified atom stereocenters. The number of azide groups is 1. The number of anilines is 2. The number of hydrogen-bond acceptors (Lipinski definition) is 7. The summed E-state index contributed by atoms with van der Waals surface area (Å²) in [5, 5.41) is 11.8. The van der Waals surface area contributed by atoms with Gasteiger partial charge in [0, 0.05) is 35.5 Å². The van der Waals surface area contributed by atoms with Gasteiger partial charge >= 0.3 is 0 Å². The van der Waals surface area contributed by atoms with Crippen LogP contribution in [-0.4, -0.2) is 41.5 Å². The van der Waals surface area contributed by atoms with E-state index in [1.807, 2.05) is 72.4 Å². The van der Waals surface area contributed by atoms with Crippen LogP contribution in [0.2, 0.25) is 0 Å². The molecule has 46 heavy (non-hydrogen) atoms. The van der Waals surface area contributed by atoms with Gasteiger partial charge in [-0.05, 0) is 30.5 Å². The zero-order chi connectivity index (χ0) is 31.6. The molecule has 5 rings (SSSR count). The highest BCUT2D eigenvalue weighted by molar-refractivity contribution is 5.85. The molecular formula is C32H38Cl2N12. The number of nitrogen functional groups attached to an aromatic ring is 2. The number of aromatic nitrogens is 7. The molecule has 0 aliphatic heterocycles. The molecule has 12 nitrogen and oxygen atoms in total. The Morgan fingerprint density at radius 2 is 1.46 bits per heavy atom. The van der Waals surface area contributed by atoms with Crippen LogP contribution in [0.15, 0.2) is 95.5 Å². The molecule has 0 bridgehead atoms. The molecule has 0 saturated heterocycles. The minimum atomic E-state index is 0. The van der Waals surface area contributed by atoms with Crippen LogP contribution in [0.25, 0.3) is 22.6 Å². The maximum atomic E-state index is 8.11. The van der Waals surface area contributed by atoms with Crippen molar-refractivity contribution in [3.8, 4) is 12.3 Å². The van der Waals surface area contributed by atoms with Crippen LogP contribution in [0.1, 0.15) is 42.1 Å². The van der Waals surface area contributed by atoms with Gasteiger partial charge in [-0.15, -0.1) is 42.3 Å². The van der Waals surface area contributed by atoms with Crippen molar-refractivity contribution in [3.05, 3.63) is 129 Å². The van der Waals surface area contributed by atoms with Gasteiger partial charge in [0.15, 0.2) is 11.9 Å². The first-order valence-electron chi connectivity index (χ1n) is 13.7. The lowest BCUT2D eigenvalue weighted by molar-refractivity contribution is 0.643. The van der Waals surface area contributed by atoms with E-state index < -0.39 is 0 Å². The molecule has 0 atom stereocenters. The molecule has 2 aromatic carbocycles.